The molecule has 18 heavy (non-hydrogen) atoms. The van der Waals surface area contributed by atoms with Gasteiger partial charge < -0.3 is 10.1 Å². The van der Waals surface area contributed by atoms with E-state index in [4.69, 9.17) is 16.3 Å². The third-order valence-electron chi connectivity index (χ3n) is 2.64. The van der Waals surface area contributed by atoms with Gasteiger partial charge in [-0.05, 0) is 17.9 Å². The fraction of sp³-hybridized carbons (Fsp3) is 0.600. The summed E-state index contributed by atoms with van der Waals surface area (Å²) in [5, 5.41) is 3.43. The largest absolute Gasteiger partial charge is 0.380 e. The Labute approximate surface area is 116 Å². The number of halogens is 1. The molecule has 0 aliphatic heterocycles. The first-order valence-electron chi connectivity index (χ1n) is 6.63. The summed E-state index contributed by atoms with van der Waals surface area (Å²) in [7, 11) is 0. The lowest BCUT2D eigenvalue weighted by atomic mass is 10.1. The summed E-state index contributed by atoms with van der Waals surface area (Å²) in [6.07, 6.45) is 0.967. The second-order valence-electron chi connectivity index (χ2n) is 4.96. The number of alkyl halides is 1. The molecule has 0 spiro atoms. The van der Waals surface area contributed by atoms with Crippen LogP contribution in [-0.4, -0.2) is 31.7 Å². The van der Waals surface area contributed by atoms with Gasteiger partial charge in [0.1, 0.15) is 0 Å². The van der Waals surface area contributed by atoms with Crippen molar-refractivity contribution in [2.45, 2.75) is 26.3 Å². The van der Waals surface area contributed by atoms with Gasteiger partial charge in [-0.2, -0.15) is 0 Å². The fourth-order valence-electron chi connectivity index (χ4n) is 1.73. The van der Waals surface area contributed by atoms with Crippen molar-refractivity contribution in [2.75, 3.05) is 25.6 Å². The van der Waals surface area contributed by atoms with Crippen molar-refractivity contribution in [2.24, 2.45) is 5.92 Å². The molecular formula is C15H24ClNO. The normalized spacial score (nSPS) is 12.9. The van der Waals surface area contributed by atoms with Gasteiger partial charge in [0, 0.05) is 25.1 Å². The summed E-state index contributed by atoms with van der Waals surface area (Å²) in [4.78, 5) is 0. The molecule has 0 radical (unpaired) electrons. The van der Waals surface area contributed by atoms with Crippen LogP contribution in [0.25, 0.3) is 0 Å². The van der Waals surface area contributed by atoms with Gasteiger partial charge in [-0.15, -0.1) is 11.6 Å². The second-order valence-corrected chi connectivity index (χ2v) is 5.27. The van der Waals surface area contributed by atoms with Gasteiger partial charge in [0.2, 0.25) is 0 Å². The molecular weight excluding hydrogens is 246 g/mol. The first-order valence-corrected chi connectivity index (χ1v) is 7.17. The predicted molar refractivity (Wildman–Crippen MR) is 78.3 cm³/mol. The average molecular weight is 270 g/mol. The van der Waals surface area contributed by atoms with E-state index in [9.17, 15) is 0 Å². The van der Waals surface area contributed by atoms with Gasteiger partial charge in [-0.3, -0.25) is 0 Å². The highest BCUT2D eigenvalue weighted by atomic mass is 35.5. The van der Waals surface area contributed by atoms with Crippen molar-refractivity contribution in [3.63, 3.8) is 0 Å². The van der Waals surface area contributed by atoms with Gasteiger partial charge in [0.25, 0.3) is 0 Å². The summed E-state index contributed by atoms with van der Waals surface area (Å²) in [6, 6.07) is 10.7. The highest BCUT2D eigenvalue weighted by Gasteiger charge is 2.07. The molecule has 0 saturated carbocycles. The van der Waals surface area contributed by atoms with E-state index in [0.717, 1.165) is 26.2 Å². The van der Waals surface area contributed by atoms with Gasteiger partial charge in [-0.1, -0.05) is 44.2 Å². The third-order valence-corrected chi connectivity index (χ3v) is 3.01. The number of ether oxygens (including phenoxy) is 1. The topological polar surface area (TPSA) is 21.3 Å². The Morgan fingerprint density at radius 2 is 1.94 bits per heavy atom. The first-order chi connectivity index (χ1) is 8.72. The summed E-state index contributed by atoms with van der Waals surface area (Å²) in [5.74, 6) is 1.22. The number of benzene rings is 1. The molecule has 0 aromatic heterocycles. The molecule has 0 amide bonds. The zero-order chi connectivity index (χ0) is 13.2. The molecule has 102 valence electrons. The van der Waals surface area contributed by atoms with E-state index < -0.39 is 0 Å². The van der Waals surface area contributed by atoms with Crippen LogP contribution in [0.15, 0.2) is 30.3 Å². The zero-order valence-electron chi connectivity index (χ0n) is 11.4. The minimum atomic E-state index is 0.316. The van der Waals surface area contributed by atoms with Crippen molar-refractivity contribution in [3.8, 4) is 0 Å². The molecule has 1 atom stereocenters. The van der Waals surface area contributed by atoms with Gasteiger partial charge in [-0.25, -0.2) is 0 Å². The first kappa shape index (κ1) is 15.5. The fourth-order valence-corrected chi connectivity index (χ4v) is 1.95. The molecule has 1 aromatic rings. The Balaban J connectivity index is 2.18. The summed E-state index contributed by atoms with van der Waals surface area (Å²) in [5.41, 5.74) is 1.32. The summed E-state index contributed by atoms with van der Waals surface area (Å²) >= 11 is 5.98. The van der Waals surface area contributed by atoms with Crippen molar-refractivity contribution in [3.05, 3.63) is 35.9 Å². The molecule has 0 bridgehead atoms. The standard InChI is InChI=1S/C15H24ClNO/c1-13(2)12-18-9-8-17-15(11-16)10-14-6-4-3-5-7-14/h3-7,13,15,17H,8-12H2,1-2H3. The molecule has 0 aliphatic carbocycles. The van der Waals surface area contributed by atoms with E-state index in [1.807, 2.05) is 6.07 Å². The van der Waals surface area contributed by atoms with E-state index in [1.165, 1.54) is 5.56 Å². The minimum Gasteiger partial charge on any atom is -0.380 e. The lowest BCUT2D eigenvalue weighted by Crippen LogP contribution is -2.35. The second kappa shape index (κ2) is 9.37. The maximum atomic E-state index is 5.98. The Hall–Kier alpha value is -0.570. The molecule has 3 heteroatoms. The van der Waals surface area contributed by atoms with Gasteiger partial charge in [0.15, 0.2) is 0 Å². The molecule has 1 rings (SSSR count). The van der Waals surface area contributed by atoms with Crippen molar-refractivity contribution in [1.29, 1.82) is 0 Å². The van der Waals surface area contributed by atoms with Crippen LogP contribution < -0.4 is 5.32 Å². The third kappa shape index (κ3) is 7.00. The molecule has 2 nitrogen and oxygen atoms in total. The van der Waals surface area contributed by atoms with Crippen LogP contribution in [0.4, 0.5) is 0 Å². The predicted octanol–water partition coefficient (Wildman–Crippen LogP) is 3.10. The molecule has 0 fully saturated rings. The van der Waals surface area contributed by atoms with Crippen LogP contribution in [0.1, 0.15) is 19.4 Å². The van der Waals surface area contributed by atoms with Gasteiger partial charge >= 0.3 is 0 Å². The van der Waals surface area contributed by atoms with E-state index in [2.05, 4.69) is 43.4 Å². The van der Waals surface area contributed by atoms with Crippen LogP contribution in [0.2, 0.25) is 0 Å². The SMILES string of the molecule is CC(C)COCCNC(CCl)Cc1ccccc1. The number of hydrogen-bond acceptors (Lipinski definition) is 2. The number of nitrogens with one attached hydrogen (secondary N) is 1. The van der Waals surface area contributed by atoms with Crippen molar-refractivity contribution < 1.29 is 4.74 Å². The lowest BCUT2D eigenvalue weighted by Gasteiger charge is -2.16. The Morgan fingerprint density at radius 1 is 1.22 bits per heavy atom. The summed E-state index contributed by atoms with van der Waals surface area (Å²) < 4.78 is 5.53. The molecule has 1 aromatic carbocycles. The van der Waals surface area contributed by atoms with E-state index >= 15 is 0 Å². The molecule has 0 saturated heterocycles. The Bertz CT molecular complexity index is 303. The van der Waals surface area contributed by atoms with Crippen molar-refractivity contribution in [1.82, 2.24) is 5.32 Å². The zero-order valence-corrected chi connectivity index (χ0v) is 12.1. The summed E-state index contributed by atoms with van der Waals surface area (Å²) in [6.45, 7) is 6.75. The van der Waals surface area contributed by atoms with Crippen LogP contribution in [0.5, 0.6) is 0 Å². The van der Waals surface area contributed by atoms with Crippen molar-refractivity contribution >= 4 is 11.6 Å². The maximum absolute atomic E-state index is 5.98. The highest BCUT2D eigenvalue weighted by molar-refractivity contribution is 6.18. The van der Waals surface area contributed by atoms with E-state index in [0.29, 0.717) is 17.8 Å². The molecule has 1 N–H and O–H groups in total. The number of rotatable bonds is 9. The van der Waals surface area contributed by atoms with E-state index in [1.54, 1.807) is 0 Å². The average Bonchev–Trinajstić information content (AvgIpc) is 2.38. The molecule has 0 aliphatic rings. The molecule has 0 heterocycles. The van der Waals surface area contributed by atoms with Gasteiger partial charge in [0.05, 0.1) is 6.61 Å². The Kier molecular flexibility index (Phi) is 8.06. The van der Waals surface area contributed by atoms with Crippen LogP contribution in [-0.2, 0) is 11.2 Å². The smallest absolute Gasteiger partial charge is 0.0591 e. The minimum absolute atomic E-state index is 0.316. The number of hydrogen-bond donors (Lipinski definition) is 1. The maximum Gasteiger partial charge on any atom is 0.0591 e. The monoisotopic (exact) mass is 269 g/mol. The quantitative estimate of drug-likeness (QED) is 0.549. The highest BCUT2D eigenvalue weighted by Crippen LogP contribution is 2.04. The van der Waals surface area contributed by atoms with Crippen LogP contribution in [0, 0.1) is 5.92 Å². The molecule has 1 unspecified atom stereocenters. The van der Waals surface area contributed by atoms with E-state index in [-0.39, 0.29) is 0 Å². The Morgan fingerprint density at radius 3 is 2.56 bits per heavy atom. The lowest BCUT2D eigenvalue weighted by molar-refractivity contribution is 0.110. The van der Waals surface area contributed by atoms with Crippen LogP contribution in [0.3, 0.4) is 0 Å². The van der Waals surface area contributed by atoms with Crippen LogP contribution >= 0.6 is 11.6 Å².